The largest absolute Gasteiger partial charge is 0.394 e. The van der Waals surface area contributed by atoms with Gasteiger partial charge in [-0.2, -0.15) is 0 Å². The minimum absolute atomic E-state index is 0.139. The van der Waals surface area contributed by atoms with Gasteiger partial charge in [-0.3, -0.25) is 0 Å². The standard InChI is InChI=1S/C4H8O.C3H8O2/c1-2-3-4-5;1-3(5)2-4/h4H,2-3H2,1H3;3-5H,2H2,1H3. The maximum atomic E-state index is 9.40. The molecule has 0 aromatic carbocycles. The van der Waals surface area contributed by atoms with Gasteiger partial charge in [0.25, 0.3) is 0 Å². The Labute approximate surface area is 61.7 Å². The Balaban J connectivity index is 0. The number of hydrogen-bond acceptors (Lipinski definition) is 3. The highest BCUT2D eigenvalue weighted by Gasteiger charge is 1.83. The molecule has 0 amide bonds. The summed E-state index contributed by atoms with van der Waals surface area (Å²) in [7, 11) is 0. The molecule has 0 radical (unpaired) electrons. The summed E-state index contributed by atoms with van der Waals surface area (Å²) >= 11 is 0. The van der Waals surface area contributed by atoms with Gasteiger partial charge in [0.1, 0.15) is 6.29 Å². The summed E-state index contributed by atoms with van der Waals surface area (Å²) in [6, 6.07) is 0. The monoisotopic (exact) mass is 148 g/mol. The minimum atomic E-state index is -0.560. The van der Waals surface area contributed by atoms with Crippen molar-refractivity contribution in [3.05, 3.63) is 0 Å². The van der Waals surface area contributed by atoms with Gasteiger partial charge >= 0.3 is 0 Å². The average Bonchev–Trinajstić information content (AvgIpc) is 1.91. The van der Waals surface area contributed by atoms with E-state index in [9.17, 15) is 4.79 Å². The molecule has 0 aliphatic carbocycles. The van der Waals surface area contributed by atoms with E-state index in [2.05, 4.69) is 0 Å². The zero-order chi connectivity index (χ0) is 8.41. The number of hydrogen-bond donors (Lipinski definition) is 2. The van der Waals surface area contributed by atoms with Gasteiger partial charge in [0, 0.05) is 6.42 Å². The lowest BCUT2D eigenvalue weighted by Crippen LogP contribution is -2.03. The van der Waals surface area contributed by atoms with Gasteiger partial charge in [0.2, 0.25) is 0 Å². The molecule has 2 N–H and O–H groups in total. The molecule has 0 aromatic heterocycles. The predicted octanol–water partition coefficient (Wildman–Crippen LogP) is 0.345. The normalized spacial score (nSPS) is 11.2. The highest BCUT2D eigenvalue weighted by molar-refractivity contribution is 5.48. The molecule has 0 aliphatic heterocycles. The molecular formula is C7H16O3. The quantitative estimate of drug-likeness (QED) is 0.567. The molecule has 3 heteroatoms. The summed E-state index contributed by atoms with van der Waals surface area (Å²) in [5.74, 6) is 0. The molecule has 0 spiro atoms. The maximum absolute atomic E-state index is 9.40. The van der Waals surface area contributed by atoms with Crippen molar-refractivity contribution in [2.75, 3.05) is 6.61 Å². The van der Waals surface area contributed by atoms with Crippen LogP contribution in [0.25, 0.3) is 0 Å². The molecule has 1 atom stereocenters. The lowest BCUT2D eigenvalue weighted by atomic mass is 10.4. The lowest BCUT2D eigenvalue weighted by molar-refractivity contribution is -0.107. The smallest absolute Gasteiger partial charge is 0.119 e. The van der Waals surface area contributed by atoms with E-state index in [4.69, 9.17) is 10.2 Å². The molecule has 0 bridgehead atoms. The van der Waals surface area contributed by atoms with Crippen molar-refractivity contribution in [2.24, 2.45) is 0 Å². The molecule has 0 rings (SSSR count). The van der Waals surface area contributed by atoms with Crippen LogP contribution >= 0.6 is 0 Å². The van der Waals surface area contributed by atoms with Crippen molar-refractivity contribution in [1.29, 1.82) is 0 Å². The SMILES string of the molecule is CC(O)CO.CCCC=O. The van der Waals surface area contributed by atoms with Crippen molar-refractivity contribution < 1.29 is 15.0 Å². The molecule has 0 aromatic rings. The Bertz CT molecular complexity index is 61.9. The maximum Gasteiger partial charge on any atom is 0.119 e. The van der Waals surface area contributed by atoms with Crippen LogP contribution in [0.4, 0.5) is 0 Å². The van der Waals surface area contributed by atoms with Gasteiger partial charge < -0.3 is 15.0 Å². The summed E-state index contributed by atoms with van der Waals surface area (Å²) in [6.45, 7) is 3.37. The van der Waals surface area contributed by atoms with Gasteiger partial charge in [0.15, 0.2) is 0 Å². The first kappa shape index (κ1) is 12.3. The third-order valence-electron chi connectivity index (χ3n) is 0.671. The summed E-state index contributed by atoms with van der Waals surface area (Å²) < 4.78 is 0. The molecule has 3 nitrogen and oxygen atoms in total. The van der Waals surface area contributed by atoms with Gasteiger partial charge in [-0.15, -0.1) is 0 Å². The summed E-state index contributed by atoms with van der Waals surface area (Å²) in [6.07, 6.45) is 2.05. The van der Waals surface area contributed by atoms with E-state index in [1.165, 1.54) is 6.92 Å². The fraction of sp³-hybridized carbons (Fsp3) is 0.857. The summed E-state index contributed by atoms with van der Waals surface area (Å²) in [5.41, 5.74) is 0. The number of aldehydes is 1. The number of aliphatic hydroxyl groups is 2. The van der Waals surface area contributed by atoms with E-state index in [0.717, 1.165) is 12.7 Å². The summed E-state index contributed by atoms with van der Waals surface area (Å²) in [5, 5.41) is 16.0. The van der Waals surface area contributed by atoms with Crippen LogP contribution in [0.5, 0.6) is 0 Å². The zero-order valence-electron chi connectivity index (χ0n) is 6.58. The molecular weight excluding hydrogens is 132 g/mol. The molecule has 0 heterocycles. The molecule has 0 saturated heterocycles. The van der Waals surface area contributed by atoms with Crippen molar-refractivity contribution in [1.82, 2.24) is 0 Å². The Hall–Kier alpha value is -0.410. The Kier molecular flexibility index (Phi) is 14.0. The third-order valence-corrected chi connectivity index (χ3v) is 0.671. The molecule has 1 unspecified atom stereocenters. The second kappa shape index (κ2) is 11.4. The van der Waals surface area contributed by atoms with Crippen LogP contribution in [0, 0.1) is 0 Å². The highest BCUT2D eigenvalue weighted by Crippen LogP contribution is 1.74. The van der Waals surface area contributed by atoms with Crippen LogP contribution in [0.2, 0.25) is 0 Å². The Morgan fingerprint density at radius 1 is 1.60 bits per heavy atom. The molecule has 10 heavy (non-hydrogen) atoms. The Morgan fingerprint density at radius 2 is 2.00 bits per heavy atom. The van der Waals surface area contributed by atoms with Crippen LogP contribution in [-0.4, -0.2) is 29.2 Å². The van der Waals surface area contributed by atoms with Crippen LogP contribution in [0.15, 0.2) is 0 Å². The van der Waals surface area contributed by atoms with E-state index in [-0.39, 0.29) is 6.61 Å². The van der Waals surface area contributed by atoms with Crippen molar-refractivity contribution in [2.45, 2.75) is 32.8 Å². The fourth-order valence-electron chi connectivity index (χ4n) is 0.118. The third kappa shape index (κ3) is 25.6. The van der Waals surface area contributed by atoms with Crippen molar-refractivity contribution in [3.8, 4) is 0 Å². The van der Waals surface area contributed by atoms with Crippen molar-refractivity contribution in [3.63, 3.8) is 0 Å². The molecule has 0 fully saturated rings. The number of aliphatic hydroxyl groups excluding tert-OH is 2. The number of unbranched alkanes of at least 4 members (excludes halogenated alkanes) is 1. The second-order valence-corrected chi connectivity index (χ2v) is 1.99. The number of carbonyl (C=O) groups excluding carboxylic acids is 1. The van der Waals surface area contributed by atoms with Gasteiger partial charge in [-0.1, -0.05) is 6.92 Å². The first-order valence-corrected chi connectivity index (χ1v) is 3.41. The first-order chi connectivity index (χ1) is 4.68. The minimum Gasteiger partial charge on any atom is -0.394 e. The summed E-state index contributed by atoms with van der Waals surface area (Å²) in [4.78, 5) is 9.40. The van der Waals surface area contributed by atoms with E-state index in [1.807, 2.05) is 6.92 Å². The fourth-order valence-corrected chi connectivity index (χ4v) is 0.118. The molecule has 0 aliphatic rings. The van der Waals surface area contributed by atoms with Crippen LogP contribution in [0.3, 0.4) is 0 Å². The van der Waals surface area contributed by atoms with Crippen LogP contribution in [-0.2, 0) is 4.79 Å². The van der Waals surface area contributed by atoms with Crippen LogP contribution in [0.1, 0.15) is 26.7 Å². The highest BCUT2D eigenvalue weighted by atomic mass is 16.3. The van der Waals surface area contributed by atoms with E-state index in [1.54, 1.807) is 0 Å². The van der Waals surface area contributed by atoms with E-state index < -0.39 is 6.10 Å². The van der Waals surface area contributed by atoms with Gasteiger partial charge in [-0.05, 0) is 13.3 Å². The van der Waals surface area contributed by atoms with Crippen molar-refractivity contribution >= 4 is 6.29 Å². The van der Waals surface area contributed by atoms with E-state index in [0.29, 0.717) is 6.42 Å². The second-order valence-electron chi connectivity index (χ2n) is 1.99. The van der Waals surface area contributed by atoms with Crippen LogP contribution < -0.4 is 0 Å². The van der Waals surface area contributed by atoms with E-state index >= 15 is 0 Å². The zero-order valence-corrected chi connectivity index (χ0v) is 6.58. The average molecular weight is 148 g/mol. The number of carbonyl (C=O) groups is 1. The first-order valence-electron chi connectivity index (χ1n) is 3.41. The van der Waals surface area contributed by atoms with Gasteiger partial charge in [-0.25, -0.2) is 0 Å². The molecule has 62 valence electrons. The number of rotatable bonds is 3. The Morgan fingerprint density at radius 3 is 2.00 bits per heavy atom. The molecule has 0 saturated carbocycles. The van der Waals surface area contributed by atoms with Gasteiger partial charge in [0.05, 0.1) is 12.7 Å². The predicted molar refractivity (Wildman–Crippen MR) is 39.7 cm³/mol. The lowest BCUT2D eigenvalue weighted by Gasteiger charge is -1.90. The topological polar surface area (TPSA) is 57.5 Å².